The molecule has 0 aliphatic heterocycles. The second-order valence-electron chi connectivity index (χ2n) is 3.75. The number of nitrogens with one attached hydrogen (secondary N) is 1. The molecule has 0 radical (unpaired) electrons. The van der Waals surface area contributed by atoms with Crippen molar-refractivity contribution in [3.8, 4) is 11.8 Å². The third kappa shape index (κ3) is 2.85. The Morgan fingerprint density at radius 1 is 1.32 bits per heavy atom. The molecule has 0 amide bonds. The second-order valence-corrected chi connectivity index (χ2v) is 4.60. The van der Waals surface area contributed by atoms with Gasteiger partial charge < -0.3 is 10.1 Å². The number of ether oxygens (including phenoxy) is 1. The molecule has 0 aliphatic carbocycles. The zero-order chi connectivity index (χ0) is 13.8. The third-order valence-electron chi connectivity index (χ3n) is 2.56. The minimum atomic E-state index is -0.545. The summed E-state index contributed by atoms with van der Waals surface area (Å²) in [4.78, 5) is 0. The molecule has 0 heterocycles. The minimum Gasteiger partial charge on any atom is -0.495 e. The van der Waals surface area contributed by atoms with Gasteiger partial charge in [0, 0.05) is 11.8 Å². The quantitative estimate of drug-likeness (QED) is 0.921. The fraction of sp³-hybridized carbons (Fsp3) is 0.0714. The topological polar surface area (TPSA) is 45.0 Å². The van der Waals surface area contributed by atoms with E-state index in [2.05, 4.69) is 21.2 Å². The molecule has 0 aliphatic rings. The highest BCUT2D eigenvalue weighted by Gasteiger charge is 2.08. The lowest BCUT2D eigenvalue weighted by Crippen LogP contribution is -1.96. The van der Waals surface area contributed by atoms with Crippen LogP contribution in [0.3, 0.4) is 0 Å². The summed E-state index contributed by atoms with van der Waals surface area (Å²) in [7, 11) is 1.56. The number of nitriles is 1. The van der Waals surface area contributed by atoms with Gasteiger partial charge in [0.2, 0.25) is 0 Å². The number of hydrogen-bond acceptors (Lipinski definition) is 3. The van der Waals surface area contributed by atoms with Crippen LogP contribution < -0.4 is 10.1 Å². The summed E-state index contributed by atoms with van der Waals surface area (Å²) in [5.74, 6) is 0.108. The second kappa shape index (κ2) is 5.72. The van der Waals surface area contributed by atoms with Crippen molar-refractivity contribution in [1.29, 1.82) is 5.26 Å². The molecule has 2 aromatic carbocycles. The minimum absolute atomic E-state index is 0.00983. The van der Waals surface area contributed by atoms with Gasteiger partial charge in [-0.05, 0) is 40.2 Å². The summed E-state index contributed by atoms with van der Waals surface area (Å²) in [6.45, 7) is 0. The van der Waals surface area contributed by atoms with Crippen molar-refractivity contribution in [2.24, 2.45) is 0 Å². The van der Waals surface area contributed by atoms with Crippen LogP contribution in [0.15, 0.2) is 40.9 Å². The van der Waals surface area contributed by atoms with Crippen LogP contribution in [-0.4, -0.2) is 7.11 Å². The highest BCUT2D eigenvalue weighted by Crippen LogP contribution is 2.30. The standard InChI is InChI=1S/C14H10BrFN2O/c1-19-14-7-9(5-6-11(14)15)18-13-4-2-3-12(16)10(13)8-17/h2-7,18H,1H3. The summed E-state index contributed by atoms with van der Waals surface area (Å²) < 4.78 is 19.5. The van der Waals surface area contributed by atoms with Crippen LogP contribution in [0.25, 0.3) is 0 Å². The molecule has 3 nitrogen and oxygen atoms in total. The van der Waals surface area contributed by atoms with E-state index in [1.807, 2.05) is 12.1 Å². The Bertz CT molecular complexity index is 652. The molecule has 0 atom stereocenters. The van der Waals surface area contributed by atoms with Gasteiger partial charge >= 0.3 is 0 Å². The molecular weight excluding hydrogens is 311 g/mol. The maximum Gasteiger partial charge on any atom is 0.143 e. The molecule has 0 aromatic heterocycles. The van der Waals surface area contributed by atoms with Crippen LogP contribution in [0, 0.1) is 17.1 Å². The molecule has 0 unspecified atom stereocenters. The molecule has 0 saturated heterocycles. The summed E-state index contributed by atoms with van der Waals surface area (Å²) in [5.41, 5.74) is 1.12. The lowest BCUT2D eigenvalue weighted by molar-refractivity contribution is 0.412. The van der Waals surface area contributed by atoms with Crippen LogP contribution in [0.1, 0.15) is 5.56 Å². The smallest absolute Gasteiger partial charge is 0.143 e. The maximum atomic E-state index is 13.5. The number of nitrogens with zero attached hydrogens (tertiary/aromatic N) is 1. The number of hydrogen-bond donors (Lipinski definition) is 1. The van der Waals surface area contributed by atoms with Gasteiger partial charge in [0.1, 0.15) is 23.2 Å². The van der Waals surface area contributed by atoms with Gasteiger partial charge in [-0.2, -0.15) is 5.26 Å². The molecule has 2 aromatic rings. The largest absolute Gasteiger partial charge is 0.495 e. The molecule has 96 valence electrons. The summed E-state index contributed by atoms with van der Waals surface area (Å²) in [6, 6.07) is 11.7. The van der Waals surface area contributed by atoms with E-state index in [-0.39, 0.29) is 5.56 Å². The summed E-state index contributed by atoms with van der Waals surface area (Å²) in [6.07, 6.45) is 0. The lowest BCUT2D eigenvalue weighted by Gasteiger charge is -2.11. The van der Waals surface area contributed by atoms with E-state index in [4.69, 9.17) is 10.00 Å². The monoisotopic (exact) mass is 320 g/mol. The maximum absolute atomic E-state index is 13.5. The van der Waals surface area contributed by atoms with E-state index in [9.17, 15) is 4.39 Å². The number of halogens is 2. The van der Waals surface area contributed by atoms with Gasteiger partial charge in [-0.25, -0.2) is 4.39 Å². The molecule has 5 heteroatoms. The van der Waals surface area contributed by atoms with Crippen LogP contribution in [0.4, 0.5) is 15.8 Å². The van der Waals surface area contributed by atoms with Gasteiger partial charge in [0.15, 0.2) is 0 Å². The molecular formula is C14H10BrFN2O. The molecule has 0 saturated carbocycles. The first-order valence-electron chi connectivity index (χ1n) is 5.45. The zero-order valence-electron chi connectivity index (χ0n) is 10.1. The Labute approximate surface area is 118 Å². The van der Waals surface area contributed by atoms with Gasteiger partial charge in [-0.3, -0.25) is 0 Å². The first-order valence-corrected chi connectivity index (χ1v) is 6.24. The summed E-state index contributed by atoms with van der Waals surface area (Å²) in [5, 5.41) is 12.0. The fourth-order valence-electron chi connectivity index (χ4n) is 1.63. The number of methoxy groups -OCH3 is 1. The van der Waals surface area contributed by atoms with Crippen LogP contribution in [0.5, 0.6) is 5.75 Å². The average Bonchev–Trinajstić information content (AvgIpc) is 2.41. The van der Waals surface area contributed by atoms with Crippen molar-refractivity contribution in [3.63, 3.8) is 0 Å². The van der Waals surface area contributed by atoms with Crippen LogP contribution >= 0.6 is 15.9 Å². The third-order valence-corrected chi connectivity index (χ3v) is 3.21. The predicted octanol–water partition coefficient (Wildman–Crippen LogP) is 4.21. The van der Waals surface area contributed by atoms with Crippen LogP contribution in [0.2, 0.25) is 0 Å². The molecule has 1 N–H and O–H groups in total. The van der Waals surface area contributed by atoms with Crippen molar-refractivity contribution in [2.45, 2.75) is 0 Å². The van der Waals surface area contributed by atoms with E-state index < -0.39 is 5.82 Å². The first kappa shape index (κ1) is 13.4. The number of rotatable bonds is 3. The van der Waals surface area contributed by atoms with Crippen molar-refractivity contribution >= 4 is 27.3 Å². The predicted molar refractivity (Wildman–Crippen MR) is 75.1 cm³/mol. The summed E-state index contributed by atoms with van der Waals surface area (Å²) >= 11 is 3.35. The highest BCUT2D eigenvalue weighted by molar-refractivity contribution is 9.10. The Balaban J connectivity index is 2.37. The molecule has 19 heavy (non-hydrogen) atoms. The van der Waals surface area contributed by atoms with Crippen molar-refractivity contribution in [3.05, 3.63) is 52.3 Å². The van der Waals surface area contributed by atoms with E-state index in [1.165, 1.54) is 6.07 Å². The molecule has 0 fully saturated rings. The van der Waals surface area contributed by atoms with E-state index in [0.717, 1.165) is 4.47 Å². The average molecular weight is 321 g/mol. The Kier molecular flexibility index (Phi) is 4.03. The Hall–Kier alpha value is -2.06. The first-order chi connectivity index (χ1) is 9.15. The van der Waals surface area contributed by atoms with E-state index in [1.54, 1.807) is 31.4 Å². The molecule has 0 bridgehead atoms. The highest BCUT2D eigenvalue weighted by atomic mass is 79.9. The van der Waals surface area contributed by atoms with Crippen LogP contribution in [-0.2, 0) is 0 Å². The lowest BCUT2D eigenvalue weighted by atomic mass is 10.1. The SMILES string of the molecule is COc1cc(Nc2cccc(F)c2C#N)ccc1Br. The number of anilines is 2. The Morgan fingerprint density at radius 2 is 2.11 bits per heavy atom. The van der Waals surface area contributed by atoms with Crippen molar-refractivity contribution in [2.75, 3.05) is 12.4 Å². The van der Waals surface area contributed by atoms with Crippen molar-refractivity contribution < 1.29 is 9.13 Å². The normalized spacial score (nSPS) is 9.79. The zero-order valence-corrected chi connectivity index (χ0v) is 11.7. The van der Waals surface area contributed by atoms with Gasteiger partial charge in [0.25, 0.3) is 0 Å². The van der Waals surface area contributed by atoms with E-state index in [0.29, 0.717) is 17.1 Å². The molecule has 0 spiro atoms. The van der Waals surface area contributed by atoms with Gasteiger partial charge in [-0.1, -0.05) is 6.07 Å². The van der Waals surface area contributed by atoms with Crippen molar-refractivity contribution in [1.82, 2.24) is 0 Å². The van der Waals surface area contributed by atoms with Gasteiger partial charge in [-0.15, -0.1) is 0 Å². The van der Waals surface area contributed by atoms with Gasteiger partial charge in [0.05, 0.1) is 17.3 Å². The Morgan fingerprint density at radius 3 is 2.79 bits per heavy atom. The number of benzene rings is 2. The molecule has 2 rings (SSSR count). The fourth-order valence-corrected chi connectivity index (χ4v) is 2.04. The van der Waals surface area contributed by atoms with E-state index >= 15 is 0 Å².